The van der Waals surface area contributed by atoms with Crippen molar-refractivity contribution in [1.82, 2.24) is 4.57 Å². The SMILES string of the molecule is N=c1ccccn1Cc1ccccc1.[Cl-]. The molecule has 2 aromatic rings. The first-order valence-electron chi connectivity index (χ1n) is 4.60. The van der Waals surface area contributed by atoms with Gasteiger partial charge in [0, 0.05) is 12.7 Å². The van der Waals surface area contributed by atoms with Crippen LogP contribution in [0.1, 0.15) is 5.56 Å². The van der Waals surface area contributed by atoms with Crippen molar-refractivity contribution in [3.05, 3.63) is 65.8 Å². The van der Waals surface area contributed by atoms with Gasteiger partial charge in [-0.3, -0.25) is 5.41 Å². The van der Waals surface area contributed by atoms with Crippen LogP contribution in [0.25, 0.3) is 0 Å². The molecule has 1 aromatic heterocycles. The number of pyridine rings is 1. The van der Waals surface area contributed by atoms with E-state index in [-0.39, 0.29) is 12.4 Å². The molecule has 0 saturated carbocycles. The molecular formula is C12H12ClN2-. The van der Waals surface area contributed by atoms with E-state index in [1.54, 1.807) is 6.07 Å². The molecule has 1 heterocycles. The van der Waals surface area contributed by atoms with Gasteiger partial charge in [0.1, 0.15) is 5.49 Å². The third kappa shape index (κ3) is 2.96. The maximum Gasteiger partial charge on any atom is 0.124 e. The third-order valence-electron chi connectivity index (χ3n) is 2.14. The molecule has 0 unspecified atom stereocenters. The van der Waals surface area contributed by atoms with Crippen molar-refractivity contribution in [2.45, 2.75) is 6.54 Å². The number of benzene rings is 1. The average Bonchev–Trinajstić information content (AvgIpc) is 2.23. The molecule has 0 aliphatic rings. The van der Waals surface area contributed by atoms with Crippen LogP contribution in [0, 0.1) is 5.41 Å². The van der Waals surface area contributed by atoms with Crippen LogP contribution in [-0.4, -0.2) is 4.57 Å². The Hall–Kier alpha value is -1.54. The first-order chi connectivity index (χ1) is 6.86. The fraction of sp³-hybridized carbons (Fsp3) is 0.0833. The Morgan fingerprint density at radius 1 is 0.933 bits per heavy atom. The van der Waals surface area contributed by atoms with Crippen LogP contribution in [-0.2, 0) is 6.54 Å². The van der Waals surface area contributed by atoms with Gasteiger partial charge >= 0.3 is 0 Å². The zero-order valence-electron chi connectivity index (χ0n) is 8.23. The topological polar surface area (TPSA) is 28.8 Å². The number of halogens is 1. The summed E-state index contributed by atoms with van der Waals surface area (Å²) in [5, 5.41) is 7.68. The zero-order valence-corrected chi connectivity index (χ0v) is 8.98. The number of nitrogens with one attached hydrogen (secondary N) is 1. The van der Waals surface area contributed by atoms with Crippen LogP contribution in [0.5, 0.6) is 0 Å². The molecule has 0 fully saturated rings. The second kappa shape index (κ2) is 5.37. The fourth-order valence-electron chi connectivity index (χ4n) is 1.39. The zero-order chi connectivity index (χ0) is 9.80. The number of hydrogen-bond acceptors (Lipinski definition) is 1. The number of nitrogens with zero attached hydrogens (tertiary/aromatic N) is 1. The van der Waals surface area contributed by atoms with Gasteiger partial charge in [0.15, 0.2) is 0 Å². The van der Waals surface area contributed by atoms with Crippen molar-refractivity contribution >= 4 is 0 Å². The minimum absolute atomic E-state index is 0. The second-order valence-electron chi connectivity index (χ2n) is 3.20. The number of rotatable bonds is 2. The van der Waals surface area contributed by atoms with E-state index in [0.717, 1.165) is 6.54 Å². The van der Waals surface area contributed by atoms with Gasteiger partial charge in [0.05, 0.1) is 0 Å². The van der Waals surface area contributed by atoms with E-state index in [1.165, 1.54) is 5.56 Å². The Labute approximate surface area is 95.1 Å². The lowest BCUT2D eigenvalue weighted by Crippen LogP contribution is -3.00. The maximum absolute atomic E-state index is 7.68. The molecule has 0 aliphatic carbocycles. The fourth-order valence-corrected chi connectivity index (χ4v) is 1.39. The summed E-state index contributed by atoms with van der Waals surface area (Å²) in [6.07, 6.45) is 1.93. The molecular weight excluding hydrogens is 208 g/mol. The van der Waals surface area contributed by atoms with Crippen molar-refractivity contribution in [3.8, 4) is 0 Å². The Bertz CT molecular complexity index is 462. The Morgan fingerprint density at radius 3 is 2.27 bits per heavy atom. The van der Waals surface area contributed by atoms with E-state index >= 15 is 0 Å². The minimum atomic E-state index is 0. The Balaban J connectivity index is 0.00000112. The maximum atomic E-state index is 7.68. The highest BCUT2D eigenvalue weighted by Gasteiger charge is 1.92. The molecule has 0 radical (unpaired) electrons. The smallest absolute Gasteiger partial charge is 0.124 e. The van der Waals surface area contributed by atoms with Gasteiger partial charge in [-0.2, -0.15) is 0 Å². The molecule has 2 rings (SSSR count). The van der Waals surface area contributed by atoms with Crippen molar-refractivity contribution in [2.75, 3.05) is 0 Å². The summed E-state index contributed by atoms with van der Waals surface area (Å²) in [6.45, 7) is 0.764. The number of aromatic nitrogens is 1. The summed E-state index contributed by atoms with van der Waals surface area (Å²) in [5.74, 6) is 0. The van der Waals surface area contributed by atoms with E-state index in [9.17, 15) is 0 Å². The van der Waals surface area contributed by atoms with Gasteiger partial charge in [0.25, 0.3) is 0 Å². The van der Waals surface area contributed by atoms with Crippen LogP contribution in [0.4, 0.5) is 0 Å². The number of hydrogen-bond donors (Lipinski definition) is 1. The molecule has 1 N–H and O–H groups in total. The minimum Gasteiger partial charge on any atom is -1.00 e. The van der Waals surface area contributed by atoms with Crippen molar-refractivity contribution < 1.29 is 12.4 Å². The lowest BCUT2D eigenvalue weighted by atomic mass is 10.2. The van der Waals surface area contributed by atoms with E-state index in [4.69, 9.17) is 5.41 Å². The molecule has 15 heavy (non-hydrogen) atoms. The van der Waals surface area contributed by atoms with Crippen LogP contribution >= 0.6 is 0 Å². The van der Waals surface area contributed by atoms with E-state index in [2.05, 4.69) is 12.1 Å². The largest absolute Gasteiger partial charge is 1.00 e. The lowest BCUT2D eigenvalue weighted by molar-refractivity contribution is -0.00000308. The average molecular weight is 220 g/mol. The normalized spacial score (nSPS) is 9.33. The monoisotopic (exact) mass is 219 g/mol. The quantitative estimate of drug-likeness (QED) is 0.673. The van der Waals surface area contributed by atoms with Crippen LogP contribution in [0.15, 0.2) is 54.7 Å². The predicted octanol–water partition coefficient (Wildman–Crippen LogP) is -0.980. The van der Waals surface area contributed by atoms with Crippen LogP contribution < -0.4 is 17.9 Å². The second-order valence-corrected chi connectivity index (χ2v) is 3.20. The summed E-state index contributed by atoms with van der Waals surface area (Å²) < 4.78 is 1.91. The van der Waals surface area contributed by atoms with Gasteiger partial charge in [-0.1, -0.05) is 36.4 Å². The molecule has 0 aliphatic heterocycles. The molecule has 0 spiro atoms. The molecule has 1 aromatic carbocycles. The Kier molecular flexibility index (Phi) is 4.13. The summed E-state index contributed by atoms with van der Waals surface area (Å²) in [4.78, 5) is 0. The van der Waals surface area contributed by atoms with Gasteiger partial charge in [-0.25, -0.2) is 0 Å². The molecule has 78 valence electrons. The molecule has 2 nitrogen and oxygen atoms in total. The van der Waals surface area contributed by atoms with E-state index in [1.807, 2.05) is 41.1 Å². The summed E-state index contributed by atoms with van der Waals surface area (Å²) >= 11 is 0. The van der Waals surface area contributed by atoms with Crippen LogP contribution in [0.2, 0.25) is 0 Å². The predicted molar refractivity (Wildman–Crippen MR) is 55.8 cm³/mol. The molecule has 3 heteroatoms. The van der Waals surface area contributed by atoms with Crippen molar-refractivity contribution in [3.63, 3.8) is 0 Å². The van der Waals surface area contributed by atoms with Gasteiger partial charge < -0.3 is 17.0 Å². The standard InChI is InChI=1S/C12H12N2.ClH/c13-12-8-4-5-9-14(12)10-11-6-2-1-3-7-11;/h1-9,13H,10H2;1H/p-1. The van der Waals surface area contributed by atoms with Gasteiger partial charge in [-0.05, 0) is 17.7 Å². The third-order valence-corrected chi connectivity index (χ3v) is 2.14. The van der Waals surface area contributed by atoms with Gasteiger partial charge in [-0.15, -0.1) is 0 Å². The Morgan fingerprint density at radius 2 is 1.60 bits per heavy atom. The summed E-state index contributed by atoms with van der Waals surface area (Å²) in [5.41, 5.74) is 1.76. The summed E-state index contributed by atoms with van der Waals surface area (Å²) in [7, 11) is 0. The van der Waals surface area contributed by atoms with Crippen LogP contribution in [0.3, 0.4) is 0 Å². The van der Waals surface area contributed by atoms with E-state index in [0.29, 0.717) is 5.49 Å². The highest BCUT2D eigenvalue weighted by atomic mass is 35.5. The summed E-state index contributed by atoms with van der Waals surface area (Å²) in [6, 6.07) is 15.8. The molecule has 0 atom stereocenters. The highest BCUT2D eigenvalue weighted by molar-refractivity contribution is 5.15. The van der Waals surface area contributed by atoms with E-state index < -0.39 is 0 Å². The molecule has 0 saturated heterocycles. The first kappa shape index (κ1) is 11.5. The molecule has 0 bridgehead atoms. The highest BCUT2D eigenvalue weighted by Crippen LogP contribution is 1.99. The van der Waals surface area contributed by atoms with Crippen molar-refractivity contribution in [1.29, 1.82) is 5.41 Å². The van der Waals surface area contributed by atoms with Gasteiger partial charge in [0.2, 0.25) is 0 Å². The lowest BCUT2D eigenvalue weighted by Gasteiger charge is -2.05. The molecule has 0 amide bonds. The first-order valence-corrected chi connectivity index (χ1v) is 4.60. The van der Waals surface area contributed by atoms with Crippen molar-refractivity contribution in [2.24, 2.45) is 0 Å².